The van der Waals surface area contributed by atoms with E-state index in [1.54, 1.807) is 18.7 Å². The van der Waals surface area contributed by atoms with Crippen LogP contribution in [0.5, 0.6) is 5.75 Å². The number of H-pyrrole nitrogens is 1. The Bertz CT molecular complexity index is 1540. The van der Waals surface area contributed by atoms with Gasteiger partial charge in [0.15, 0.2) is 5.82 Å². The third-order valence-electron chi connectivity index (χ3n) is 7.01. The first kappa shape index (κ1) is 20.0. The summed E-state index contributed by atoms with van der Waals surface area (Å²) in [5, 5.41) is 10.7. The second kappa shape index (κ2) is 7.74. The summed E-state index contributed by atoms with van der Waals surface area (Å²) >= 11 is 0. The SMILES string of the molecule is COc1ccc2[nH]cc(C3CCN(Cc4nnc5n(C)c(=O)c6ccccc6n45)CC3)c2c1. The van der Waals surface area contributed by atoms with E-state index in [9.17, 15) is 4.79 Å². The Morgan fingerprint density at radius 1 is 1.09 bits per heavy atom. The third-order valence-corrected chi connectivity index (χ3v) is 7.01. The highest BCUT2D eigenvalue weighted by Crippen LogP contribution is 2.35. The predicted molar refractivity (Wildman–Crippen MR) is 128 cm³/mol. The van der Waals surface area contributed by atoms with E-state index in [2.05, 4.69) is 38.4 Å². The molecule has 0 saturated carbocycles. The molecular formula is C25H26N6O2. The lowest BCUT2D eigenvalue weighted by molar-refractivity contribution is 0.200. The maximum Gasteiger partial charge on any atom is 0.262 e. The van der Waals surface area contributed by atoms with Crippen molar-refractivity contribution in [2.75, 3.05) is 20.2 Å². The van der Waals surface area contributed by atoms with Gasteiger partial charge < -0.3 is 9.72 Å². The van der Waals surface area contributed by atoms with Crippen LogP contribution in [0, 0.1) is 0 Å². The summed E-state index contributed by atoms with van der Waals surface area (Å²) < 4.78 is 9.03. The van der Waals surface area contributed by atoms with Crippen LogP contribution in [0.2, 0.25) is 0 Å². The summed E-state index contributed by atoms with van der Waals surface area (Å²) in [6, 6.07) is 13.9. The van der Waals surface area contributed by atoms with Crippen LogP contribution in [-0.2, 0) is 13.6 Å². The molecule has 0 radical (unpaired) electrons. The van der Waals surface area contributed by atoms with Crippen molar-refractivity contribution in [1.82, 2.24) is 29.0 Å². The number of likely N-dealkylation sites (tertiary alicyclic amines) is 1. The summed E-state index contributed by atoms with van der Waals surface area (Å²) in [7, 11) is 3.46. The fourth-order valence-electron chi connectivity index (χ4n) is 5.18. The van der Waals surface area contributed by atoms with Crippen LogP contribution in [0.1, 0.15) is 30.1 Å². The van der Waals surface area contributed by atoms with E-state index >= 15 is 0 Å². The lowest BCUT2D eigenvalue weighted by Gasteiger charge is -2.31. The molecule has 8 nitrogen and oxygen atoms in total. The van der Waals surface area contributed by atoms with E-state index < -0.39 is 0 Å². The monoisotopic (exact) mass is 442 g/mol. The molecule has 1 aliphatic rings. The number of para-hydroxylation sites is 1. The van der Waals surface area contributed by atoms with Gasteiger partial charge in [-0.2, -0.15) is 0 Å². The molecule has 0 spiro atoms. The number of hydrogen-bond acceptors (Lipinski definition) is 5. The molecule has 33 heavy (non-hydrogen) atoms. The maximum atomic E-state index is 12.7. The van der Waals surface area contributed by atoms with Crippen LogP contribution in [0.25, 0.3) is 27.6 Å². The predicted octanol–water partition coefficient (Wildman–Crippen LogP) is 3.45. The van der Waals surface area contributed by atoms with Crippen molar-refractivity contribution in [3.8, 4) is 5.75 Å². The van der Waals surface area contributed by atoms with Gasteiger partial charge in [0.2, 0.25) is 5.78 Å². The molecule has 1 saturated heterocycles. The summed E-state index contributed by atoms with van der Waals surface area (Å²) in [5.41, 5.74) is 3.34. The molecule has 1 aliphatic heterocycles. The van der Waals surface area contributed by atoms with Crippen molar-refractivity contribution < 1.29 is 4.74 Å². The summed E-state index contributed by atoms with van der Waals surface area (Å²) in [6.07, 6.45) is 4.32. The first-order valence-electron chi connectivity index (χ1n) is 11.3. The Labute approximate surface area is 190 Å². The van der Waals surface area contributed by atoms with Crippen LogP contribution < -0.4 is 10.3 Å². The standard InChI is InChI=1S/C25H26N6O2/c1-29-24(32)18-5-3-4-6-22(18)31-23(27-28-25(29)31)15-30-11-9-16(10-12-30)20-14-26-21-8-7-17(33-2)13-19(20)21/h3-8,13-14,16,26H,9-12,15H2,1-2H3. The zero-order chi connectivity index (χ0) is 22.5. The minimum Gasteiger partial charge on any atom is -0.497 e. The Balaban J connectivity index is 1.26. The van der Waals surface area contributed by atoms with Crippen molar-refractivity contribution in [3.05, 3.63) is 70.4 Å². The number of aromatic nitrogens is 5. The molecule has 0 unspecified atom stereocenters. The second-order valence-electron chi connectivity index (χ2n) is 8.84. The van der Waals surface area contributed by atoms with E-state index in [1.165, 1.54) is 10.9 Å². The van der Waals surface area contributed by atoms with Gasteiger partial charge >= 0.3 is 0 Å². The average molecular weight is 443 g/mol. The van der Waals surface area contributed by atoms with Gasteiger partial charge in [-0.1, -0.05) is 12.1 Å². The van der Waals surface area contributed by atoms with Crippen LogP contribution in [0.15, 0.2) is 53.5 Å². The van der Waals surface area contributed by atoms with Gasteiger partial charge in [-0.15, -0.1) is 10.2 Å². The van der Waals surface area contributed by atoms with Gasteiger partial charge in [0, 0.05) is 24.1 Å². The van der Waals surface area contributed by atoms with Gasteiger partial charge in [0.1, 0.15) is 5.75 Å². The lowest BCUT2D eigenvalue weighted by Crippen LogP contribution is -2.33. The number of piperidine rings is 1. The van der Waals surface area contributed by atoms with Crippen LogP contribution in [0.3, 0.4) is 0 Å². The number of fused-ring (bicyclic) bond motifs is 4. The number of nitrogens with one attached hydrogen (secondary N) is 1. The van der Waals surface area contributed by atoms with Crippen molar-refractivity contribution in [2.24, 2.45) is 7.05 Å². The number of hydrogen-bond donors (Lipinski definition) is 1. The van der Waals surface area contributed by atoms with Crippen molar-refractivity contribution in [1.29, 1.82) is 0 Å². The van der Waals surface area contributed by atoms with E-state index in [0.717, 1.165) is 48.5 Å². The van der Waals surface area contributed by atoms with Gasteiger partial charge in [-0.25, -0.2) is 0 Å². The molecule has 5 aromatic rings. The van der Waals surface area contributed by atoms with Crippen LogP contribution >= 0.6 is 0 Å². The van der Waals surface area contributed by atoms with Crippen LogP contribution in [0.4, 0.5) is 0 Å². The van der Waals surface area contributed by atoms with Crippen molar-refractivity contribution in [3.63, 3.8) is 0 Å². The first-order chi connectivity index (χ1) is 16.1. The average Bonchev–Trinajstić information content (AvgIpc) is 3.47. The molecule has 0 atom stereocenters. The van der Waals surface area contributed by atoms with E-state index in [0.29, 0.717) is 23.6 Å². The second-order valence-corrected chi connectivity index (χ2v) is 8.84. The van der Waals surface area contributed by atoms with Crippen molar-refractivity contribution in [2.45, 2.75) is 25.3 Å². The number of rotatable bonds is 4. The largest absolute Gasteiger partial charge is 0.497 e. The number of benzene rings is 2. The number of aromatic amines is 1. The topological polar surface area (TPSA) is 80.4 Å². The van der Waals surface area contributed by atoms with Gasteiger partial charge in [-0.05, 0) is 67.7 Å². The first-order valence-corrected chi connectivity index (χ1v) is 11.3. The van der Waals surface area contributed by atoms with Gasteiger partial charge in [0.25, 0.3) is 5.56 Å². The zero-order valence-corrected chi connectivity index (χ0v) is 18.8. The van der Waals surface area contributed by atoms with Gasteiger partial charge in [0.05, 0.1) is 24.6 Å². The van der Waals surface area contributed by atoms with Gasteiger partial charge in [-0.3, -0.25) is 18.7 Å². The Hall–Kier alpha value is -3.65. The normalized spacial score (nSPS) is 15.7. The molecule has 2 aromatic carbocycles. The molecule has 6 rings (SSSR count). The molecule has 3 aromatic heterocycles. The Morgan fingerprint density at radius 3 is 2.73 bits per heavy atom. The molecule has 0 aliphatic carbocycles. The fourth-order valence-corrected chi connectivity index (χ4v) is 5.18. The highest BCUT2D eigenvalue weighted by molar-refractivity contribution is 5.85. The molecule has 1 fully saturated rings. The minimum atomic E-state index is -0.0479. The molecule has 4 heterocycles. The maximum absolute atomic E-state index is 12.7. The number of nitrogens with zero attached hydrogens (tertiary/aromatic N) is 5. The molecule has 0 bridgehead atoms. The fraction of sp³-hybridized carbons (Fsp3) is 0.320. The minimum absolute atomic E-state index is 0.0479. The third kappa shape index (κ3) is 3.21. The quantitative estimate of drug-likeness (QED) is 0.461. The summed E-state index contributed by atoms with van der Waals surface area (Å²) in [5.74, 6) is 2.85. The smallest absolute Gasteiger partial charge is 0.262 e. The number of methoxy groups -OCH3 is 1. The molecule has 8 heteroatoms. The molecular weight excluding hydrogens is 416 g/mol. The summed E-state index contributed by atoms with van der Waals surface area (Å²) in [4.78, 5) is 18.5. The number of ether oxygens (including phenoxy) is 1. The Morgan fingerprint density at radius 2 is 1.91 bits per heavy atom. The highest BCUT2D eigenvalue weighted by Gasteiger charge is 2.25. The van der Waals surface area contributed by atoms with Crippen molar-refractivity contribution >= 4 is 27.6 Å². The highest BCUT2D eigenvalue weighted by atomic mass is 16.5. The summed E-state index contributed by atoms with van der Waals surface area (Å²) in [6.45, 7) is 2.68. The van der Waals surface area contributed by atoms with E-state index in [-0.39, 0.29) is 5.56 Å². The molecule has 1 N–H and O–H groups in total. The van der Waals surface area contributed by atoms with E-state index in [4.69, 9.17) is 4.74 Å². The zero-order valence-electron chi connectivity index (χ0n) is 18.8. The van der Waals surface area contributed by atoms with E-state index in [1.807, 2.05) is 34.7 Å². The van der Waals surface area contributed by atoms with Crippen LogP contribution in [-0.4, -0.2) is 49.2 Å². The Kier molecular flexibility index (Phi) is 4.69. The lowest BCUT2D eigenvalue weighted by atomic mass is 9.89. The molecule has 0 amide bonds. The molecule has 168 valence electrons. The number of aryl methyl sites for hydroxylation is 1.